The Kier molecular flexibility index (Phi) is 4.35. The fourth-order valence-electron chi connectivity index (χ4n) is 2.27. The number of aryl methyl sites for hydroxylation is 1. The zero-order valence-corrected chi connectivity index (χ0v) is 11.7. The minimum Gasteiger partial charge on any atom is -0.496 e. The normalized spacial score (nSPS) is 12.2. The highest BCUT2D eigenvalue weighted by atomic mass is 19.1. The molecule has 1 N–H and O–H groups in total. The van der Waals surface area contributed by atoms with E-state index in [4.69, 9.17) is 4.74 Å². The summed E-state index contributed by atoms with van der Waals surface area (Å²) in [5.74, 6) is -0.269. The van der Waals surface area contributed by atoms with Crippen molar-refractivity contribution in [1.82, 2.24) is 5.32 Å². The predicted molar refractivity (Wildman–Crippen MR) is 75.0 cm³/mol. The SMILES string of the molecule is CNC(c1cc(F)ccc1F)c1ccc(C)cc1OC. The van der Waals surface area contributed by atoms with Crippen LogP contribution in [0.4, 0.5) is 8.78 Å². The van der Waals surface area contributed by atoms with E-state index >= 15 is 0 Å². The topological polar surface area (TPSA) is 21.3 Å². The number of methoxy groups -OCH3 is 1. The molecular weight excluding hydrogens is 260 g/mol. The Morgan fingerprint density at radius 2 is 1.80 bits per heavy atom. The van der Waals surface area contributed by atoms with Crippen molar-refractivity contribution in [2.24, 2.45) is 0 Å². The maximum absolute atomic E-state index is 14.0. The summed E-state index contributed by atoms with van der Waals surface area (Å²) in [7, 11) is 3.27. The highest BCUT2D eigenvalue weighted by Crippen LogP contribution is 2.32. The maximum atomic E-state index is 14.0. The lowest BCUT2D eigenvalue weighted by Crippen LogP contribution is -2.20. The summed E-state index contributed by atoms with van der Waals surface area (Å²) in [5, 5.41) is 3.01. The van der Waals surface area contributed by atoms with Gasteiger partial charge in [-0.1, -0.05) is 12.1 Å². The number of benzene rings is 2. The van der Waals surface area contributed by atoms with Crippen LogP contribution in [-0.4, -0.2) is 14.2 Å². The molecule has 0 fully saturated rings. The Hall–Kier alpha value is -1.94. The second kappa shape index (κ2) is 6.01. The summed E-state index contributed by atoms with van der Waals surface area (Å²) < 4.78 is 32.7. The van der Waals surface area contributed by atoms with Crippen molar-refractivity contribution in [2.45, 2.75) is 13.0 Å². The van der Waals surface area contributed by atoms with E-state index in [1.807, 2.05) is 25.1 Å². The average molecular weight is 277 g/mol. The van der Waals surface area contributed by atoms with Gasteiger partial charge in [0.25, 0.3) is 0 Å². The molecule has 0 aliphatic carbocycles. The van der Waals surface area contributed by atoms with Crippen LogP contribution in [0.3, 0.4) is 0 Å². The molecule has 20 heavy (non-hydrogen) atoms. The molecule has 2 aromatic carbocycles. The molecular formula is C16H17F2NO. The van der Waals surface area contributed by atoms with Gasteiger partial charge in [-0.3, -0.25) is 0 Å². The van der Waals surface area contributed by atoms with E-state index in [-0.39, 0.29) is 5.56 Å². The standard InChI is InChI=1S/C16H17F2NO/c1-10-4-6-12(15(8-10)20-3)16(19-2)13-9-11(17)5-7-14(13)18/h4-9,16,19H,1-3H3. The van der Waals surface area contributed by atoms with Gasteiger partial charge in [-0.25, -0.2) is 8.78 Å². The van der Waals surface area contributed by atoms with Gasteiger partial charge in [0, 0.05) is 11.1 Å². The molecule has 1 unspecified atom stereocenters. The number of hydrogen-bond donors (Lipinski definition) is 1. The molecule has 0 radical (unpaired) electrons. The lowest BCUT2D eigenvalue weighted by Gasteiger charge is -2.21. The molecule has 0 heterocycles. The van der Waals surface area contributed by atoms with E-state index in [0.29, 0.717) is 5.75 Å². The molecule has 0 spiro atoms. The molecule has 0 aliphatic rings. The number of halogens is 2. The highest BCUT2D eigenvalue weighted by molar-refractivity contribution is 5.44. The Bertz CT molecular complexity index is 613. The Labute approximate surface area is 117 Å². The number of nitrogens with one attached hydrogen (secondary N) is 1. The molecule has 2 nitrogen and oxygen atoms in total. The average Bonchev–Trinajstić information content (AvgIpc) is 2.44. The van der Waals surface area contributed by atoms with Crippen molar-refractivity contribution in [2.75, 3.05) is 14.2 Å². The first kappa shape index (κ1) is 14.5. The summed E-state index contributed by atoms with van der Waals surface area (Å²) in [4.78, 5) is 0. The van der Waals surface area contributed by atoms with Crippen molar-refractivity contribution < 1.29 is 13.5 Å². The number of hydrogen-bond acceptors (Lipinski definition) is 2. The molecule has 4 heteroatoms. The summed E-state index contributed by atoms with van der Waals surface area (Å²) in [6.45, 7) is 1.95. The minimum atomic E-state index is -0.471. The van der Waals surface area contributed by atoms with Crippen molar-refractivity contribution >= 4 is 0 Å². The summed E-state index contributed by atoms with van der Waals surface area (Å²) >= 11 is 0. The number of ether oxygens (including phenoxy) is 1. The molecule has 1 atom stereocenters. The van der Waals surface area contributed by atoms with E-state index < -0.39 is 17.7 Å². The van der Waals surface area contributed by atoms with Gasteiger partial charge >= 0.3 is 0 Å². The Morgan fingerprint density at radius 3 is 2.45 bits per heavy atom. The molecule has 0 aromatic heterocycles. The van der Waals surface area contributed by atoms with E-state index in [9.17, 15) is 8.78 Å². The maximum Gasteiger partial charge on any atom is 0.128 e. The van der Waals surface area contributed by atoms with Crippen molar-refractivity contribution in [3.8, 4) is 5.75 Å². The lowest BCUT2D eigenvalue weighted by molar-refractivity contribution is 0.404. The first-order valence-corrected chi connectivity index (χ1v) is 6.33. The minimum absolute atomic E-state index is 0.259. The van der Waals surface area contributed by atoms with Gasteiger partial charge in [0.1, 0.15) is 17.4 Å². The third kappa shape index (κ3) is 2.80. The van der Waals surface area contributed by atoms with E-state index in [1.165, 1.54) is 6.07 Å². The van der Waals surface area contributed by atoms with Crippen molar-refractivity contribution in [3.05, 3.63) is 64.7 Å². The van der Waals surface area contributed by atoms with Crippen LogP contribution in [0.2, 0.25) is 0 Å². The Morgan fingerprint density at radius 1 is 1.05 bits per heavy atom. The van der Waals surface area contributed by atoms with Crippen LogP contribution in [0.15, 0.2) is 36.4 Å². The summed E-state index contributed by atoms with van der Waals surface area (Å²) in [6.07, 6.45) is 0. The van der Waals surface area contributed by atoms with Gasteiger partial charge in [0.15, 0.2) is 0 Å². The second-order valence-corrected chi connectivity index (χ2v) is 4.63. The van der Waals surface area contributed by atoms with Gasteiger partial charge in [-0.15, -0.1) is 0 Å². The van der Waals surface area contributed by atoms with E-state index in [2.05, 4.69) is 5.32 Å². The van der Waals surface area contributed by atoms with Crippen LogP contribution in [-0.2, 0) is 0 Å². The summed E-state index contributed by atoms with van der Waals surface area (Å²) in [6, 6.07) is 8.63. The van der Waals surface area contributed by atoms with Crippen LogP contribution in [0, 0.1) is 18.6 Å². The molecule has 0 aliphatic heterocycles. The Balaban J connectivity index is 2.55. The van der Waals surface area contributed by atoms with Gasteiger partial charge in [-0.2, -0.15) is 0 Å². The molecule has 0 saturated carbocycles. The lowest BCUT2D eigenvalue weighted by atomic mass is 9.96. The third-order valence-electron chi connectivity index (χ3n) is 3.26. The van der Waals surface area contributed by atoms with Crippen LogP contribution in [0.1, 0.15) is 22.7 Å². The molecule has 0 amide bonds. The largest absolute Gasteiger partial charge is 0.496 e. The molecule has 2 aromatic rings. The van der Waals surface area contributed by atoms with Crippen LogP contribution < -0.4 is 10.1 Å². The number of rotatable bonds is 4. The first-order valence-electron chi connectivity index (χ1n) is 6.33. The molecule has 2 rings (SSSR count). The van der Waals surface area contributed by atoms with Gasteiger partial charge in [0.05, 0.1) is 13.2 Å². The van der Waals surface area contributed by atoms with Crippen LogP contribution in [0.5, 0.6) is 5.75 Å². The van der Waals surface area contributed by atoms with Crippen LogP contribution in [0.25, 0.3) is 0 Å². The first-order chi connectivity index (χ1) is 9.56. The monoisotopic (exact) mass is 277 g/mol. The molecule has 0 saturated heterocycles. The van der Waals surface area contributed by atoms with Crippen LogP contribution >= 0.6 is 0 Å². The third-order valence-corrected chi connectivity index (χ3v) is 3.26. The van der Waals surface area contributed by atoms with Gasteiger partial charge in [-0.05, 0) is 43.8 Å². The van der Waals surface area contributed by atoms with E-state index in [1.54, 1.807) is 14.2 Å². The quantitative estimate of drug-likeness (QED) is 0.922. The van der Waals surface area contributed by atoms with Gasteiger partial charge < -0.3 is 10.1 Å². The van der Waals surface area contributed by atoms with E-state index in [0.717, 1.165) is 23.3 Å². The van der Waals surface area contributed by atoms with Crippen molar-refractivity contribution in [1.29, 1.82) is 0 Å². The van der Waals surface area contributed by atoms with Crippen molar-refractivity contribution in [3.63, 3.8) is 0 Å². The zero-order chi connectivity index (χ0) is 14.7. The predicted octanol–water partition coefficient (Wildman–Crippen LogP) is 3.59. The fraction of sp³-hybridized carbons (Fsp3) is 0.250. The zero-order valence-electron chi connectivity index (χ0n) is 11.7. The molecule has 106 valence electrons. The van der Waals surface area contributed by atoms with Gasteiger partial charge in [0.2, 0.25) is 0 Å². The fourth-order valence-corrected chi connectivity index (χ4v) is 2.27. The highest BCUT2D eigenvalue weighted by Gasteiger charge is 2.20. The summed E-state index contributed by atoms with van der Waals surface area (Å²) in [5.41, 5.74) is 2.07. The molecule has 0 bridgehead atoms. The smallest absolute Gasteiger partial charge is 0.128 e. The second-order valence-electron chi connectivity index (χ2n) is 4.63.